The van der Waals surface area contributed by atoms with Crippen LogP contribution in [0.4, 0.5) is 5.69 Å². The highest BCUT2D eigenvalue weighted by molar-refractivity contribution is 5.53. The molecule has 0 amide bonds. The van der Waals surface area contributed by atoms with Gasteiger partial charge in [-0.3, -0.25) is 0 Å². The monoisotopic (exact) mass is 250 g/mol. The summed E-state index contributed by atoms with van der Waals surface area (Å²) in [6.45, 7) is 10.3. The molecule has 1 unspecified atom stereocenters. The molecule has 0 aliphatic heterocycles. The van der Waals surface area contributed by atoms with Gasteiger partial charge in [0.1, 0.15) is 5.75 Å². The van der Waals surface area contributed by atoms with Crippen LogP contribution in [0.1, 0.15) is 33.3 Å². The van der Waals surface area contributed by atoms with Crippen molar-refractivity contribution in [3.8, 4) is 5.75 Å². The van der Waals surface area contributed by atoms with Crippen LogP contribution in [0.15, 0.2) is 18.2 Å². The van der Waals surface area contributed by atoms with Crippen molar-refractivity contribution in [3.05, 3.63) is 23.8 Å². The summed E-state index contributed by atoms with van der Waals surface area (Å²) >= 11 is 0. The van der Waals surface area contributed by atoms with Crippen molar-refractivity contribution in [2.75, 3.05) is 25.5 Å². The van der Waals surface area contributed by atoms with Crippen molar-refractivity contribution < 1.29 is 4.74 Å². The van der Waals surface area contributed by atoms with Crippen molar-refractivity contribution in [2.24, 2.45) is 11.7 Å². The molecule has 3 heteroatoms. The van der Waals surface area contributed by atoms with Crippen LogP contribution in [0, 0.1) is 5.92 Å². The van der Waals surface area contributed by atoms with Crippen LogP contribution in [0.3, 0.4) is 0 Å². The van der Waals surface area contributed by atoms with E-state index in [-0.39, 0.29) is 5.41 Å². The van der Waals surface area contributed by atoms with Crippen LogP contribution in [-0.4, -0.2) is 20.2 Å². The van der Waals surface area contributed by atoms with Gasteiger partial charge >= 0.3 is 0 Å². The van der Waals surface area contributed by atoms with Gasteiger partial charge in [0, 0.05) is 17.8 Å². The number of hydrogen-bond acceptors (Lipinski definition) is 3. The van der Waals surface area contributed by atoms with E-state index in [9.17, 15) is 0 Å². The third-order valence-corrected chi connectivity index (χ3v) is 3.06. The van der Waals surface area contributed by atoms with Crippen molar-refractivity contribution >= 4 is 5.69 Å². The third-order valence-electron chi connectivity index (χ3n) is 3.06. The van der Waals surface area contributed by atoms with Gasteiger partial charge in [-0.2, -0.15) is 0 Å². The van der Waals surface area contributed by atoms with E-state index in [1.807, 2.05) is 6.07 Å². The molecule has 102 valence electrons. The second-order valence-corrected chi connectivity index (χ2v) is 5.89. The van der Waals surface area contributed by atoms with Crippen LogP contribution < -0.4 is 15.8 Å². The Bertz CT molecular complexity index is 383. The van der Waals surface area contributed by atoms with E-state index >= 15 is 0 Å². The Morgan fingerprint density at radius 1 is 1.33 bits per heavy atom. The maximum absolute atomic E-state index is 5.62. The molecule has 18 heavy (non-hydrogen) atoms. The Labute approximate surface area is 111 Å². The van der Waals surface area contributed by atoms with E-state index in [2.05, 4.69) is 45.1 Å². The lowest BCUT2D eigenvalue weighted by Crippen LogP contribution is -2.20. The number of rotatable bonds is 5. The van der Waals surface area contributed by atoms with Crippen molar-refractivity contribution in [3.63, 3.8) is 0 Å². The summed E-state index contributed by atoms with van der Waals surface area (Å²) in [5.74, 6) is 1.42. The Morgan fingerprint density at radius 3 is 2.50 bits per heavy atom. The fourth-order valence-corrected chi connectivity index (χ4v) is 1.78. The van der Waals surface area contributed by atoms with Gasteiger partial charge in [-0.05, 0) is 36.1 Å². The molecule has 3 N–H and O–H groups in total. The zero-order valence-corrected chi connectivity index (χ0v) is 12.2. The zero-order chi connectivity index (χ0) is 13.8. The molecule has 0 aliphatic rings. The second-order valence-electron chi connectivity index (χ2n) is 5.89. The van der Waals surface area contributed by atoms with E-state index in [0.29, 0.717) is 12.5 Å². The minimum Gasteiger partial charge on any atom is -0.496 e. The lowest BCUT2D eigenvalue weighted by molar-refractivity contribution is 0.397. The molecule has 1 rings (SSSR count). The highest BCUT2D eigenvalue weighted by Gasteiger charge is 2.19. The molecular weight excluding hydrogens is 224 g/mol. The molecule has 0 saturated heterocycles. The first kappa shape index (κ1) is 14.8. The van der Waals surface area contributed by atoms with Gasteiger partial charge in [0.05, 0.1) is 7.11 Å². The molecule has 0 aromatic heterocycles. The number of ether oxygens (including phenoxy) is 1. The van der Waals surface area contributed by atoms with Gasteiger partial charge in [-0.1, -0.05) is 27.7 Å². The fourth-order valence-electron chi connectivity index (χ4n) is 1.78. The molecule has 3 nitrogen and oxygen atoms in total. The summed E-state index contributed by atoms with van der Waals surface area (Å²) in [7, 11) is 1.72. The standard InChI is InChI=1S/C15H26N2O/c1-11(9-16)10-17-12-6-7-14(18-5)13(8-12)15(2,3)4/h6-8,11,17H,9-10,16H2,1-5H3. The lowest BCUT2D eigenvalue weighted by atomic mass is 9.86. The van der Waals surface area contributed by atoms with Crippen molar-refractivity contribution in [1.82, 2.24) is 0 Å². The molecule has 0 aliphatic carbocycles. The largest absolute Gasteiger partial charge is 0.496 e. The van der Waals surface area contributed by atoms with Crippen LogP contribution in [0.25, 0.3) is 0 Å². The Kier molecular flexibility index (Phi) is 5.03. The first-order valence-corrected chi connectivity index (χ1v) is 6.51. The summed E-state index contributed by atoms with van der Waals surface area (Å²) in [5.41, 5.74) is 8.04. The second kappa shape index (κ2) is 6.10. The van der Waals surface area contributed by atoms with Gasteiger partial charge in [0.25, 0.3) is 0 Å². The van der Waals surface area contributed by atoms with Crippen molar-refractivity contribution in [2.45, 2.75) is 33.1 Å². The highest BCUT2D eigenvalue weighted by atomic mass is 16.5. The Hall–Kier alpha value is -1.22. The maximum atomic E-state index is 5.62. The summed E-state index contributed by atoms with van der Waals surface area (Å²) in [5, 5.41) is 3.42. The predicted molar refractivity (Wildman–Crippen MR) is 78.4 cm³/mol. The number of nitrogens with one attached hydrogen (secondary N) is 1. The SMILES string of the molecule is COc1ccc(NCC(C)CN)cc1C(C)(C)C. The predicted octanol–water partition coefficient (Wildman–Crippen LogP) is 3.00. The van der Waals surface area contributed by atoms with Crippen molar-refractivity contribution in [1.29, 1.82) is 0 Å². The van der Waals surface area contributed by atoms with Crippen LogP contribution in [0.5, 0.6) is 5.75 Å². The fraction of sp³-hybridized carbons (Fsp3) is 0.600. The molecule has 0 fully saturated rings. The number of nitrogens with two attached hydrogens (primary N) is 1. The molecule has 1 atom stereocenters. The Morgan fingerprint density at radius 2 is 2.00 bits per heavy atom. The molecule has 0 saturated carbocycles. The first-order valence-electron chi connectivity index (χ1n) is 6.51. The lowest BCUT2D eigenvalue weighted by Gasteiger charge is -2.23. The smallest absolute Gasteiger partial charge is 0.122 e. The van der Waals surface area contributed by atoms with Gasteiger partial charge in [-0.15, -0.1) is 0 Å². The summed E-state index contributed by atoms with van der Waals surface area (Å²) in [4.78, 5) is 0. The van der Waals surface area contributed by atoms with Gasteiger partial charge in [0.15, 0.2) is 0 Å². The maximum Gasteiger partial charge on any atom is 0.122 e. The zero-order valence-electron chi connectivity index (χ0n) is 12.2. The van der Waals surface area contributed by atoms with E-state index < -0.39 is 0 Å². The summed E-state index contributed by atoms with van der Waals surface area (Å²) in [6, 6.07) is 6.25. The van der Waals surface area contributed by atoms with E-state index in [4.69, 9.17) is 10.5 Å². The number of hydrogen-bond donors (Lipinski definition) is 2. The minimum atomic E-state index is 0.0719. The molecular formula is C15H26N2O. The van der Waals surface area contributed by atoms with E-state index in [1.165, 1.54) is 5.56 Å². The van der Waals surface area contributed by atoms with Gasteiger partial charge in [0.2, 0.25) is 0 Å². The van der Waals surface area contributed by atoms with E-state index in [1.54, 1.807) is 7.11 Å². The molecule has 1 aromatic carbocycles. The molecule has 0 radical (unpaired) electrons. The molecule has 0 spiro atoms. The summed E-state index contributed by atoms with van der Waals surface area (Å²) in [6.07, 6.45) is 0. The van der Waals surface area contributed by atoms with Crippen LogP contribution >= 0.6 is 0 Å². The molecule has 0 heterocycles. The number of benzene rings is 1. The average Bonchev–Trinajstić information content (AvgIpc) is 2.34. The topological polar surface area (TPSA) is 47.3 Å². The molecule has 0 bridgehead atoms. The molecule has 1 aromatic rings. The van der Waals surface area contributed by atoms with Crippen LogP contribution in [0.2, 0.25) is 0 Å². The van der Waals surface area contributed by atoms with E-state index in [0.717, 1.165) is 18.0 Å². The van der Waals surface area contributed by atoms with Gasteiger partial charge < -0.3 is 15.8 Å². The normalized spacial score (nSPS) is 13.2. The quantitative estimate of drug-likeness (QED) is 0.844. The average molecular weight is 250 g/mol. The number of methoxy groups -OCH3 is 1. The number of anilines is 1. The Balaban J connectivity index is 2.90. The third kappa shape index (κ3) is 3.91. The van der Waals surface area contributed by atoms with Gasteiger partial charge in [-0.25, -0.2) is 0 Å². The first-order chi connectivity index (χ1) is 8.38. The summed E-state index contributed by atoms with van der Waals surface area (Å²) < 4.78 is 5.43. The minimum absolute atomic E-state index is 0.0719. The van der Waals surface area contributed by atoms with Crippen LogP contribution in [-0.2, 0) is 5.41 Å². The highest BCUT2D eigenvalue weighted by Crippen LogP contribution is 2.33.